The summed E-state index contributed by atoms with van der Waals surface area (Å²) in [5.74, 6) is 0.0458. The molecule has 0 spiro atoms. The minimum atomic E-state index is -0.516. The van der Waals surface area contributed by atoms with E-state index in [2.05, 4.69) is 4.98 Å². The average Bonchev–Trinajstić information content (AvgIpc) is 2.98. The van der Waals surface area contributed by atoms with Crippen molar-refractivity contribution in [1.29, 1.82) is 0 Å². The van der Waals surface area contributed by atoms with Crippen molar-refractivity contribution in [2.75, 3.05) is 0 Å². The normalized spacial score (nSPS) is 16.9. The molecule has 0 radical (unpaired) electrons. The third kappa shape index (κ3) is 2.38. The number of fused-ring (bicyclic) bond motifs is 1. The van der Waals surface area contributed by atoms with Crippen LogP contribution in [-0.4, -0.2) is 16.7 Å². The molecule has 0 amide bonds. The molecule has 21 heavy (non-hydrogen) atoms. The van der Waals surface area contributed by atoms with Crippen LogP contribution < -0.4 is 4.74 Å². The van der Waals surface area contributed by atoms with Gasteiger partial charge in [-0.2, -0.15) is 0 Å². The van der Waals surface area contributed by atoms with Crippen molar-refractivity contribution in [2.45, 2.75) is 33.1 Å². The van der Waals surface area contributed by atoms with Crippen LogP contribution in [0.3, 0.4) is 0 Å². The molecule has 1 aliphatic rings. The van der Waals surface area contributed by atoms with Gasteiger partial charge in [0.2, 0.25) is 0 Å². The number of aromatic nitrogens is 1. The largest absolute Gasteiger partial charge is 0.421 e. The first-order valence-electron chi connectivity index (χ1n) is 6.78. The fraction of sp³-hybridized carbons (Fsp3) is 0.312. The van der Waals surface area contributed by atoms with E-state index in [0.717, 1.165) is 16.1 Å². The maximum absolute atomic E-state index is 12.2. The molecule has 2 aromatic rings. The van der Waals surface area contributed by atoms with Gasteiger partial charge in [0.05, 0.1) is 10.6 Å². The van der Waals surface area contributed by atoms with E-state index in [4.69, 9.17) is 4.74 Å². The number of esters is 1. The predicted octanol–water partition coefficient (Wildman–Crippen LogP) is 3.67. The summed E-state index contributed by atoms with van der Waals surface area (Å²) >= 11 is 1.39. The Labute approximate surface area is 126 Å². The number of hydrogen-bond donors (Lipinski definition) is 0. The van der Waals surface area contributed by atoms with Gasteiger partial charge >= 0.3 is 5.97 Å². The number of aryl methyl sites for hydroxylation is 2. The van der Waals surface area contributed by atoms with Crippen LogP contribution in [0.4, 0.5) is 0 Å². The molecule has 0 saturated heterocycles. The zero-order valence-electron chi connectivity index (χ0n) is 12.1. The van der Waals surface area contributed by atoms with E-state index in [0.29, 0.717) is 17.7 Å². The topological polar surface area (TPSA) is 56.3 Å². The molecule has 5 heteroatoms. The lowest BCUT2D eigenvalue weighted by atomic mass is 9.97. The van der Waals surface area contributed by atoms with Crippen LogP contribution in [0.15, 0.2) is 17.5 Å². The van der Waals surface area contributed by atoms with Crippen LogP contribution in [-0.2, 0) is 0 Å². The molecule has 0 unspecified atom stereocenters. The Bertz CT molecular complexity index is 748. The van der Waals surface area contributed by atoms with Gasteiger partial charge in [0.1, 0.15) is 5.75 Å². The van der Waals surface area contributed by atoms with Crippen molar-refractivity contribution in [3.8, 4) is 5.75 Å². The summed E-state index contributed by atoms with van der Waals surface area (Å²) in [5, 5.41) is 2.47. The van der Waals surface area contributed by atoms with E-state index in [1.807, 2.05) is 26.8 Å². The van der Waals surface area contributed by atoms with E-state index < -0.39 is 5.97 Å². The standard InChI is InChI=1S/C16H15NO3S/c1-8-4-5-13(15-12(18)6-9(2)14(8)15)20-16(19)11-7-21-10(3)17-11/h4-5,7,9H,6H2,1-3H3/t9-/m0/s1. The first kappa shape index (κ1) is 13.9. The third-order valence-electron chi connectivity index (χ3n) is 3.72. The van der Waals surface area contributed by atoms with Gasteiger partial charge < -0.3 is 4.74 Å². The van der Waals surface area contributed by atoms with E-state index >= 15 is 0 Å². The molecular formula is C16H15NO3S. The molecule has 4 nitrogen and oxygen atoms in total. The van der Waals surface area contributed by atoms with Crippen LogP contribution in [0.2, 0.25) is 0 Å². The molecule has 108 valence electrons. The predicted molar refractivity (Wildman–Crippen MR) is 80.4 cm³/mol. The van der Waals surface area contributed by atoms with Crippen molar-refractivity contribution in [3.05, 3.63) is 44.9 Å². The molecule has 0 fully saturated rings. The number of ketones is 1. The van der Waals surface area contributed by atoms with Crippen molar-refractivity contribution >= 4 is 23.1 Å². The van der Waals surface area contributed by atoms with Crippen LogP contribution in [0.1, 0.15) is 56.2 Å². The second kappa shape index (κ2) is 5.07. The molecular weight excluding hydrogens is 286 g/mol. The summed E-state index contributed by atoms with van der Waals surface area (Å²) < 4.78 is 5.41. The maximum Gasteiger partial charge on any atom is 0.363 e. The van der Waals surface area contributed by atoms with Gasteiger partial charge in [-0.05, 0) is 37.0 Å². The number of hydrogen-bond acceptors (Lipinski definition) is 5. The van der Waals surface area contributed by atoms with Crippen LogP contribution >= 0.6 is 11.3 Å². The Morgan fingerprint density at radius 1 is 1.38 bits per heavy atom. The molecule has 1 aromatic carbocycles. The molecule has 0 saturated carbocycles. The first-order valence-corrected chi connectivity index (χ1v) is 7.66. The second-order valence-electron chi connectivity index (χ2n) is 5.34. The molecule has 1 aromatic heterocycles. The highest BCUT2D eigenvalue weighted by molar-refractivity contribution is 7.09. The Morgan fingerprint density at radius 3 is 2.81 bits per heavy atom. The second-order valence-corrected chi connectivity index (χ2v) is 6.40. The van der Waals surface area contributed by atoms with Gasteiger partial charge in [-0.1, -0.05) is 13.0 Å². The highest BCUT2D eigenvalue weighted by Gasteiger charge is 2.32. The number of benzene rings is 1. The molecule has 0 aliphatic heterocycles. The summed E-state index contributed by atoms with van der Waals surface area (Å²) in [5.41, 5.74) is 2.90. The number of rotatable bonds is 2. The molecule has 0 N–H and O–H groups in total. The minimum Gasteiger partial charge on any atom is -0.421 e. The minimum absolute atomic E-state index is 0.0402. The van der Waals surface area contributed by atoms with Gasteiger partial charge in [0.15, 0.2) is 11.5 Å². The van der Waals surface area contributed by atoms with Gasteiger partial charge in [0.25, 0.3) is 0 Å². The highest BCUT2D eigenvalue weighted by Crippen LogP contribution is 2.40. The van der Waals surface area contributed by atoms with Gasteiger partial charge in [-0.3, -0.25) is 4.79 Å². The summed E-state index contributed by atoms with van der Waals surface area (Å²) in [4.78, 5) is 28.4. The van der Waals surface area contributed by atoms with E-state index in [-0.39, 0.29) is 17.4 Å². The Kier molecular flexibility index (Phi) is 3.37. The third-order valence-corrected chi connectivity index (χ3v) is 4.49. The SMILES string of the molecule is Cc1nc(C(=O)Oc2ccc(C)c3c2C(=O)C[C@@H]3C)cs1. The van der Waals surface area contributed by atoms with Crippen molar-refractivity contribution < 1.29 is 14.3 Å². The number of ether oxygens (including phenoxy) is 1. The fourth-order valence-corrected chi connectivity index (χ4v) is 3.39. The van der Waals surface area contributed by atoms with Crippen molar-refractivity contribution in [1.82, 2.24) is 4.98 Å². The Balaban J connectivity index is 1.98. The van der Waals surface area contributed by atoms with Crippen molar-refractivity contribution in [3.63, 3.8) is 0 Å². The highest BCUT2D eigenvalue weighted by atomic mass is 32.1. The quantitative estimate of drug-likeness (QED) is 0.627. The summed E-state index contributed by atoms with van der Waals surface area (Å²) in [6.07, 6.45) is 0.473. The lowest BCUT2D eigenvalue weighted by molar-refractivity contribution is 0.0727. The number of thiazole rings is 1. The monoisotopic (exact) mass is 301 g/mol. The smallest absolute Gasteiger partial charge is 0.363 e. The zero-order valence-corrected chi connectivity index (χ0v) is 12.9. The lowest BCUT2D eigenvalue weighted by Gasteiger charge is -2.11. The van der Waals surface area contributed by atoms with Crippen LogP contribution in [0, 0.1) is 13.8 Å². The van der Waals surface area contributed by atoms with Gasteiger partial charge in [-0.25, -0.2) is 9.78 Å². The van der Waals surface area contributed by atoms with E-state index in [9.17, 15) is 9.59 Å². The number of Topliss-reactive ketones (excluding diaryl/α,β-unsaturated/α-hetero) is 1. The van der Waals surface area contributed by atoms with E-state index in [1.54, 1.807) is 11.4 Å². The summed E-state index contributed by atoms with van der Waals surface area (Å²) in [6.45, 7) is 5.83. The molecule has 1 heterocycles. The summed E-state index contributed by atoms with van der Waals surface area (Å²) in [6, 6.07) is 3.59. The molecule has 3 rings (SSSR count). The molecule has 0 bridgehead atoms. The maximum atomic E-state index is 12.2. The fourth-order valence-electron chi connectivity index (χ4n) is 2.80. The number of carbonyl (C=O) groups excluding carboxylic acids is 2. The lowest BCUT2D eigenvalue weighted by Crippen LogP contribution is -2.11. The van der Waals surface area contributed by atoms with Gasteiger partial charge in [0, 0.05) is 11.8 Å². The number of carbonyl (C=O) groups is 2. The van der Waals surface area contributed by atoms with Crippen LogP contribution in [0.5, 0.6) is 5.75 Å². The molecule has 1 aliphatic carbocycles. The zero-order chi connectivity index (χ0) is 15.1. The first-order chi connectivity index (χ1) is 9.97. The Morgan fingerprint density at radius 2 is 2.14 bits per heavy atom. The summed E-state index contributed by atoms with van der Waals surface area (Å²) in [7, 11) is 0. The average molecular weight is 301 g/mol. The van der Waals surface area contributed by atoms with Crippen molar-refractivity contribution in [2.24, 2.45) is 0 Å². The van der Waals surface area contributed by atoms with E-state index in [1.165, 1.54) is 11.3 Å². The van der Waals surface area contributed by atoms with Crippen LogP contribution in [0.25, 0.3) is 0 Å². The Hall–Kier alpha value is -2.01. The van der Waals surface area contributed by atoms with Gasteiger partial charge in [-0.15, -0.1) is 11.3 Å². The molecule has 1 atom stereocenters. The number of nitrogens with zero attached hydrogens (tertiary/aromatic N) is 1.